The fraction of sp³-hybridized carbons (Fsp3) is 0.943. The lowest BCUT2D eigenvalue weighted by Gasteiger charge is -2.65. The summed E-state index contributed by atoms with van der Waals surface area (Å²) in [5, 5.41) is 64.4. The second-order valence-electron chi connectivity index (χ2n) is 15.9. The molecule has 6 N–H and O–H groups in total. The molecule has 5 rings (SSSR count). The van der Waals surface area contributed by atoms with Gasteiger partial charge in [-0.3, -0.25) is 0 Å². The second-order valence-corrected chi connectivity index (χ2v) is 15.9. The minimum atomic E-state index is -1.51. The summed E-state index contributed by atoms with van der Waals surface area (Å²) in [6.07, 6.45) is 2.32. The summed E-state index contributed by atoms with van der Waals surface area (Å²) in [7, 11) is 0. The molecule has 1 heterocycles. The molecule has 0 aromatic rings. The Kier molecular flexibility index (Phi) is 9.86. The van der Waals surface area contributed by atoms with E-state index in [4.69, 9.17) is 9.47 Å². The molecule has 8 nitrogen and oxygen atoms in total. The third-order valence-electron chi connectivity index (χ3n) is 13.9. The highest BCUT2D eigenvalue weighted by molar-refractivity contribution is 5.17. The van der Waals surface area contributed by atoms with Crippen molar-refractivity contribution in [2.45, 2.75) is 154 Å². The van der Waals surface area contributed by atoms with Gasteiger partial charge >= 0.3 is 0 Å². The maximum atomic E-state index is 12.3. The van der Waals surface area contributed by atoms with Gasteiger partial charge in [0.1, 0.15) is 24.4 Å². The molecule has 4 aliphatic carbocycles. The van der Waals surface area contributed by atoms with Crippen LogP contribution in [0.2, 0.25) is 0 Å². The minimum absolute atomic E-state index is 0.214. The Morgan fingerprint density at radius 3 is 2.35 bits per heavy atom. The molecule has 0 aromatic carbocycles. The van der Waals surface area contributed by atoms with Gasteiger partial charge in [0.05, 0.1) is 24.4 Å². The zero-order chi connectivity index (χ0) is 31.5. The van der Waals surface area contributed by atoms with E-state index < -0.39 is 60.5 Å². The van der Waals surface area contributed by atoms with Gasteiger partial charge < -0.3 is 40.1 Å². The molecule has 16 atom stereocenters. The molecule has 0 radical (unpaired) electrons. The molecule has 0 aromatic heterocycles. The van der Waals surface area contributed by atoms with Gasteiger partial charge in [-0.25, -0.2) is 0 Å². The maximum absolute atomic E-state index is 12.3. The standard InChI is InChI=1S/C35H60O8/c1-7-21(19(2)3)9-8-20(4)24-10-11-25-23-16-28(37)35(41)17-22(12-15-34(35,6)26(23)13-14-33(24,25)5)42-32-31(40)30(39)29(38)27(18-36)43-32/h20-32,36-41H,2,7-18H2,1,3-6H3. The number of allylic oxidation sites excluding steroid dienone is 1. The predicted molar refractivity (Wildman–Crippen MR) is 164 cm³/mol. The molecule has 5 fully saturated rings. The van der Waals surface area contributed by atoms with E-state index in [1.165, 1.54) is 31.3 Å². The predicted octanol–water partition coefficient (Wildman–Crippen LogP) is 3.93. The van der Waals surface area contributed by atoms with Crippen LogP contribution >= 0.6 is 0 Å². The Morgan fingerprint density at radius 1 is 0.977 bits per heavy atom. The van der Waals surface area contributed by atoms with E-state index in [0.29, 0.717) is 54.8 Å². The molecule has 0 spiro atoms. The largest absolute Gasteiger partial charge is 0.394 e. The van der Waals surface area contributed by atoms with Crippen LogP contribution in [0.4, 0.5) is 0 Å². The Morgan fingerprint density at radius 2 is 1.70 bits per heavy atom. The van der Waals surface area contributed by atoms with Crippen molar-refractivity contribution in [3.05, 3.63) is 12.2 Å². The van der Waals surface area contributed by atoms with Crippen LogP contribution in [0.5, 0.6) is 0 Å². The first-order valence-electron chi connectivity index (χ1n) is 17.2. The highest BCUT2D eigenvalue weighted by Gasteiger charge is 2.68. The summed E-state index contributed by atoms with van der Waals surface area (Å²) in [6, 6.07) is 0. The monoisotopic (exact) mass is 608 g/mol. The lowest BCUT2D eigenvalue weighted by atomic mass is 9.42. The van der Waals surface area contributed by atoms with E-state index in [9.17, 15) is 30.6 Å². The lowest BCUT2D eigenvalue weighted by Crippen LogP contribution is -2.69. The van der Waals surface area contributed by atoms with Crippen molar-refractivity contribution < 1.29 is 40.1 Å². The molecular weight excluding hydrogens is 548 g/mol. The van der Waals surface area contributed by atoms with Crippen LogP contribution in [0.25, 0.3) is 0 Å². The van der Waals surface area contributed by atoms with E-state index in [0.717, 1.165) is 19.3 Å². The fourth-order valence-corrected chi connectivity index (χ4v) is 11.2. The number of fused-ring (bicyclic) bond motifs is 5. The number of rotatable bonds is 9. The van der Waals surface area contributed by atoms with Crippen LogP contribution in [0, 0.1) is 46.3 Å². The van der Waals surface area contributed by atoms with E-state index in [1.54, 1.807) is 0 Å². The first kappa shape index (κ1) is 33.8. The minimum Gasteiger partial charge on any atom is -0.394 e. The molecule has 8 heteroatoms. The van der Waals surface area contributed by atoms with Crippen LogP contribution < -0.4 is 0 Å². The highest BCUT2D eigenvalue weighted by atomic mass is 16.7. The summed E-state index contributed by atoms with van der Waals surface area (Å²) in [5.41, 5.74) is -0.218. The topological polar surface area (TPSA) is 140 Å². The van der Waals surface area contributed by atoms with Crippen molar-refractivity contribution in [1.82, 2.24) is 0 Å². The number of aliphatic hydroxyl groups excluding tert-OH is 5. The van der Waals surface area contributed by atoms with Gasteiger partial charge in [0.15, 0.2) is 6.29 Å². The zero-order valence-corrected chi connectivity index (χ0v) is 27.2. The molecule has 1 aliphatic heterocycles. The zero-order valence-electron chi connectivity index (χ0n) is 27.2. The van der Waals surface area contributed by atoms with Crippen LogP contribution in [-0.4, -0.2) is 85.8 Å². The Hall–Kier alpha value is -0.580. The van der Waals surface area contributed by atoms with E-state index in [2.05, 4.69) is 41.2 Å². The van der Waals surface area contributed by atoms with Crippen molar-refractivity contribution in [2.75, 3.05) is 6.61 Å². The van der Waals surface area contributed by atoms with Gasteiger partial charge in [0.2, 0.25) is 0 Å². The van der Waals surface area contributed by atoms with Crippen molar-refractivity contribution >= 4 is 0 Å². The first-order chi connectivity index (χ1) is 20.2. The average Bonchev–Trinajstić information content (AvgIpc) is 3.32. The summed E-state index contributed by atoms with van der Waals surface area (Å²) < 4.78 is 11.7. The summed E-state index contributed by atoms with van der Waals surface area (Å²) >= 11 is 0. The van der Waals surface area contributed by atoms with Crippen molar-refractivity contribution in [1.29, 1.82) is 0 Å². The number of hydrogen-bond acceptors (Lipinski definition) is 8. The van der Waals surface area contributed by atoms with Crippen LogP contribution in [0.15, 0.2) is 12.2 Å². The number of hydrogen-bond donors (Lipinski definition) is 6. The van der Waals surface area contributed by atoms with Crippen LogP contribution in [-0.2, 0) is 9.47 Å². The van der Waals surface area contributed by atoms with E-state index in [1.807, 2.05) is 0 Å². The SMILES string of the molecule is C=C(C)C(CC)CCC(C)C1CCC2C3CC(O)C4(O)CC(OC5OC(CO)C(O)C(O)C5O)CCC4(C)C3CCC12C. The molecule has 43 heavy (non-hydrogen) atoms. The first-order valence-corrected chi connectivity index (χ1v) is 17.2. The summed E-state index contributed by atoms with van der Waals surface area (Å²) in [4.78, 5) is 0. The Balaban J connectivity index is 1.28. The van der Waals surface area contributed by atoms with E-state index in [-0.39, 0.29) is 11.8 Å². The smallest absolute Gasteiger partial charge is 0.186 e. The Bertz CT molecular complexity index is 989. The average molecular weight is 609 g/mol. The molecule has 5 aliphatic rings. The molecule has 1 saturated heterocycles. The van der Waals surface area contributed by atoms with Crippen LogP contribution in [0.3, 0.4) is 0 Å². The molecular formula is C35H60O8. The molecule has 16 unspecified atom stereocenters. The Labute approximate surface area is 258 Å². The van der Waals surface area contributed by atoms with Gasteiger partial charge in [-0.2, -0.15) is 0 Å². The molecule has 4 saturated carbocycles. The maximum Gasteiger partial charge on any atom is 0.186 e. The van der Waals surface area contributed by atoms with Crippen molar-refractivity contribution in [3.8, 4) is 0 Å². The molecule has 248 valence electrons. The third-order valence-corrected chi connectivity index (χ3v) is 13.9. The van der Waals surface area contributed by atoms with Crippen LogP contribution in [0.1, 0.15) is 105 Å². The van der Waals surface area contributed by atoms with Crippen molar-refractivity contribution in [2.24, 2.45) is 46.3 Å². The lowest BCUT2D eigenvalue weighted by molar-refractivity contribution is -0.328. The summed E-state index contributed by atoms with van der Waals surface area (Å²) in [6.45, 7) is 15.3. The third kappa shape index (κ3) is 5.58. The quantitative estimate of drug-likeness (QED) is 0.171. The van der Waals surface area contributed by atoms with Gasteiger partial charge in [-0.15, -0.1) is 0 Å². The normalized spacial score (nSPS) is 51.2. The van der Waals surface area contributed by atoms with Crippen molar-refractivity contribution in [3.63, 3.8) is 0 Å². The highest BCUT2D eigenvalue weighted by Crippen LogP contribution is 2.69. The van der Waals surface area contributed by atoms with Gasteiger partial charge in [-0.1, -0.05) is 39.8 Å². The molecule has 0 amide bonds. The fourth-order valence-electron chi connectivity index (χ4n) is 11.2. The molecule has 0 bridgehead atoms. The summed E-state index contributed by atoms with van der Waals surface area (Å²) in [5.74, 6) is 3.23. The van der Waals surface area contributed by atoms with Gasteiger partial charge in [0, 0.05) is 11.8 Å². The van der Waals surface area contributed by atoms with Gasteiger partial charge in [-0.05, 0) is 112 Å². The number of aliphatic hydroxyl groups is 6. The van der Waals surface area contributed by atoms with E-state index >= 15 is 0 Å². The van der Waals surface area contributed by atoms with Gasteiger partial charge in [0.25, 0.3) is 0 Å². The second kappa shape index (κ2) is 12.6. The number of ether oxygens (including phenoxy) is 2.